The van der Waals surface area contributed by atoms with E-state index in [1.165, 1.54) is 19.3 Å². The lowest BCUT2D eigenvalue weighted by atomic mass is 9.76. The second kappa shape index (κ2) is 7.69. The summed E-state index contributed by atoms with van der Waals surface area (Å²) in [4.78, 5) is 16.7. The third-order valence-corrected chi connectivity index (χ3v) is 3.98. The van der Waals surface area contributed by atoms with Gasteiger partial charge in [-0.3, -0.25) is 9.78 Å². The van der Waals surface area contributed by atoms with Gasteiger partial charge in [0.15, 0.2) is 0 Å². The maximum absolute atomic E-state index is 12.5. The Morgan fingerprint density at radius 2 is 2.25 bits per heavy atom. The molecule has 1 atom stereocenters. The Hall–Kier alpha value is -1.82. The smallest absolute Gasteiger partial charge is 0.228 e. The van der Waals surface area contributed by atoms with Gasteiger partial charge >= 0.3 is 0 Å². The molecule has 0 spiro atoms. The van der Waals surface area contributed by atoms with Crippen molar-refractivity contribution in [1.82, 2.24) is 10.3 Å². The highest BCUT2D eigenvalue weighted by Crippen LogP contribution is 2.35. The molecule has 1 aliphatic rings. The second-order valence-electron chi connectivity index (χ2n) is 5.31. The predicted molar refractivity (Wildman–Crippen MR) is 80.0 cm³/mol. The predicted octanol–water partition coefficient (Wildman–Crippen LogP) is 2.89. The largest absolute Gasteiger partial charge is 0.345 e. The Labute approximate surface area is 121 Å². The molecule has 1 unspecified atom stereocenters. The number of amides is 1. The van der Waals surface area contributed by atoms with E-state index in [2.05, 4.69) is 22.1 Å². The van der Waals surface area contributed by atoms with Crippen molar-refractivity contribution in [2.45, 2.75) is 44.9 Å². The van der Waals surface area contributed by atoms with Crippen LogP contribution in [0.3, 0.4) is 0 Å². The molecule has 3 nitrogen and oxygen atoms in total. The summed E-state index contributed by atoms with van der Waals surface area (Å²) >= 11 is 0. The zero-order valence-corrected chi connectivity index (χ0v) is 12.1. The van der Waals surface area contributed by atoms with Crippen LogP contribution >= 0.6 is 0 Å². The minimum atomic E-state index is -0.0809. The van der Waals surface area contributed by atoms with Gasteiger partial charge in [0.2, 0.25) is 5.91 Å². The molecule has 2 rings (SSSR count). The van der Waals surface area contributed by atoms with Crippen LogP contribution in [0.5, 0.6) is 0 Å². The number of hydrogen-bond donors (Lipinski definition) is 1. The van der Waals surface area contributed by atoms with Crippen LogP contribution in [0.2, 0.25) is 0 Å². The van der Waals surface area contributed by atoms with Crippen molar-refractivity contribution in [3.63, 3.8) is 0 Å². The average molecular weight is 270 g/mol. The van der Waals surface area contributed by atoms with Crippen LogP contribution in [-0.4, -0.2) is 17.4 Å². The zero-order chi connectivity index (χ0) is 14.2. The molecule has 106 valence electrons. The lowest BCUT2D eigenvalue weighted by Gasteiger charge is -2.29. The van der Waals surface area contributed by atoms with Crippen molar-refractivity contribution >= 4 is 5.91 Å². The highest BCUT2D eigenvalue weighted by Gasteiger charge is 2.30. The molecule has 3 heteroatoms. The Morgan fingerprint density at radius 3 is 2.90 bits per heavy atom. The summed E-state index contributed by atoms with van der Waals surface area (Å²) in [5, 5.41) is 2.94. The molecular formula is C17H22N2O. The number of aromatic nitrogens is 1. The summed E-state index contributed by atoms with van der Waals surface area (Å²) in [6.07, 6.45) is 9.58. The Balaban J connectivity index is 2.14. The summed E-state index contributed by atoms with van der Waals surface area (Å²) in [6, 6.07) is 3.92. The molecule has 1 aromatic heterocycles. The molecule has 1 fully saturated rings. The van der Waals surface area contributed by atoms with Gasteiger partial charge in [0, 0.05) is 12.4 Å². The van der Waals surface area contributed by atoms with Gasteiger partial charge in [0.25, 0.3) is 0 Å². The Morgan fingerprint density at radius 1 is 1.45 bits per heavy atom. The quantitative estimate of drug-likeness (QED) is 0.855. The first kappa shape index (κ1) is 14.6. The van der Waals surface area contributed by atoms with E-state index in [0.29, 0.717) is 12.5 Å². The van der Waals surface area contributed by atoms with Crippen molar-refractivity contribution in [2.75, 3.05) is 6.54 Å². The van der Waals surface area contributed by atoms with Crippen LogP contribution in [0.1, 0.15) is 50.5 Å². The molecule has 0 aliphatic heterocycles. The van der Waals surface area contributed by atoms with Crippen LogP contribution in [0.25, 0.3) is 0 Å². The molecule has 1 heterocycles. The van der Waals surface area contributed by atoms with Crippen LogP contribution in [0, 0.1) is 17.8 Å². The monoisotopic (exact) mass is 270 g/mol. The summed E-state index contributed by atoms with van der Waals surface area (Å²) in [5.41, 5.74) is 1.03. The van der Waals surface area contributed by atoms with Gasteiger partial charge in [-0.2, -0.15) is 0 Å². The zero-order valence-electron chi connectivity index (χ0n) is 12.1. The minimum absolute atomic E-state index is 0.0809. The first-order valence-electron chi connectivity index (χ1n) is 7.40. The van der Waals surface area contributed by atoms with E-state index in [4.69, 9.17) is 0 Å². The van der Waals surface area contributed by atoms with Crippen LogP contribution in [-0.2, 0) is 4.79 Å². The summed E-state index contributed by atoms with van der Waals surface area (Å²) in [6.45, 7) is 2.21. The van der Waals surface area contributed by atoms with E-state index in [0.717, 1.165) is 18.4 Å². The highest BCUT2D eigenvalue weighted by atomic mass is 16.1. The average Bonchev–Trinajstić information content (AvgIpc) is 2.50. The van der Waals surface area contributed by atoms with E-state index < -0.39 is 0 Å². The number of nitrogens with one attached hydrogen (secondary N) is 1. The molecule has 0 saturated heterocycles. The number of pyridine rings is 1. The molecule has 1 N–H and O–H groups in total. The molecule has 20 heavy (non-hydrogen) atoms. The van der Waals surface area contributed by atoms with E-state index in [-0.39, 0.29) is 11.8 Å². The van der Waals surface area contributed by atoms with E-state index >= 15 is 0 Å². The molecular weight excluding hydrogens is 248 g/mol. The van der Waals surface area contributed by atoms with Gasteiger partial charge in [-0.05, 0) is 37.3 Å². The van der Waals surface area contributed by atoms with Crippen LogP contribution < -0.4 is 5.32 Å². The lowest BCUT2D eigenvalue weighted by molar-refractivity contribution is -0.123. The van der Waals surface area contributed by atoms with Crippen molar-refractivity contribution in [1.29, 1.82) is 0 Å². The van der Waals surface area contributed by atoms with Gasteiger partial charge in [-0.15, -0.1) is 5.92 Å². The standard InChI is InChI=1S/C17H22N2O/c1-2-3-12-19-17(20)16(14-8-5-4-6-9-14)15-10-7-11-18-13-15/h7,10-11,13-14,16H,4-6,8-9,12H2,1H3,(H,19,20). The van der Waals surface area contributed by atoms with Crippen molar-refractivity contribution in [3.05, 3.63) is 30.1 Å². The van der Waals surface area contributed by atoms with Gasteiger partial charge in [-0.1, -0.05) is 31.2 Å². The maximum Gasteiger partial charge on any atom is 0.228 e. The Kier molecular flexibility index (Phi) is 5.61. The lowest BCUT2D eigenvalue weighted by Crippen LogP contribution is -2.34. The third kappa shape index (κ3) is 3.84. The summed E-state index contributed by atoms with van der Waals surface area (Å²) < 4.78 is 0. The second-order valence-corrected chi connectivity index (χ2v) is 5.31. The third-order valence-electron chi connectivity index (χ3n) is 3.98. The number of nitrogens with zero attached hydrogens (tertiary/aromatic N) is 1. The fourth-order valence-corrected chi connectivity index (χ4v) is 2.99. The topological polar surface area (TPSA) is 42.0 Å². The van der Waals surface area contributed by atoms with E-state index in [1.807, 2.05) is 18.3 Å². The van der Waals surface area contributed by atoms with Gasteiger partial charge in [-0.25, -0.2) is 0 Å². The molecule has 1 saturated carbocycles. The maximum atomic E-state index is 12.5. The molecule has 0 radical (unpaired) electrons. The highest BCUT2D eigenvalue weighted by molar-refractivity contribution is 5.84. The van der Waals surface area contributed by atoms with E-state index in [1.54, 1.807) is 13.1 Å². The summed E-state index contributed by atoms with van der Waals surface area (Å²) in [5.74, 6) is 6.14. The van der Waals surface area contributed by atoms with Crippen LogP contribution in [0.15, 0.2) is 24.5 Å². The van der Waals surface area contributed by atoms with Crippen molar-refractivity contribution in [3.8, 4) is 11.8 Å². The number of carbonyl (C=O) groups is 1. The molecule has 1 amide bonds. The van der Waals surface area contributed by atoms with Gasteiger partial charge in [0.05, 0.1) is 12.5 Å². The SMILES string of the molecule is CC#CCNC(=O)C(c1cccnc1)C1CCCCC1. The van der Waals surface area contributed by atoms with Crippen LogP contribution in [0.4, 0.5) is 0 Å². The van der Waals surface area contributed by atoms with Gasteiger partial charge in [0.1, 0.15) is 0 Å². The van der Waals surface area contributed by atoms with Gasteiger partial charge < -0.3 is 5.32 Å². The van der Waals surface area contributed by atoms with E-state index in [9.17, 15) is 4.79 Å². The first-order chi connectivity index (χ1) is 9.83. The molecule has 0 bridgehead atoms. The minimum Gasteiger partial charge on any atom is -0.345 e. The fraction of sp³-hybridized carbons (Fsp3) is 0.529. The number of carbonyl (C=O) groups excluding carboxylic acids is 1. The fourth-order valence-electron chi connectivity index (χ4n) is 2.99. The van der Waals surface area contributed by atoms with Crippen molar-refractivity contribution < 1.29 is 4.79 Å². The van der Waals surface area contributed by atoms with Crippen molar-refractivity contribution in [2.24, 2.45) is 5.92 Å². The molecule has 1 aromatic rings. The molecule has 1 aliphatic carbocycles. The summed E-state index contributed by atoms with van der Waals surface area (Å²) in [7, 11) is 0. The number of hydrogen-bond acceptors (Lipinski definition) is 2. The first-order valence-corrected chi connectivity index (χ1v) is 7.40. The normalized spacial score (nSPS) is 16.9. The number of rotatable bonds is 4. The Bertz CT molecular complexity index is 481. The molecule has 0 aromatic carbocycles.